The molecule has 0 amide bonds. The number of anilines is 3. The first kappa shape index (κ1) is 57.4. The van der Waals surface area contributed by atoms with E-state index in [2.05, 4.69) is 309 Å². The van der Waals surface area contributed by atoms with E-state index in [0.29, 0.717) is 35.5 Å². The average Bonchev–Trinajstić information content (AvgIpc) is 0.759. The van der Waals surface area contributed by atoms with Gasteiger partial charge in [0.2, 0.25) is 13.4 Å². The third-order valence-electron chi connectivity index (χ3n) is 20.2. The van der Waals surface area contributed by atoms with E-state index >= 15 is 0 Å². The fourth-order valence-corrected chi connectivity index (χ4v) is 19.7. The molecule has 428 valence electrons. The lowest BCUT2D eigenvalue weighted by Crippen LogP contribution is -2.76. The SMILES string of the molecule is Cc1ccc2c(c1)C(c1ccccc1C)(c1ccccc1[SiH]1c3ccccc3-c3ccccc31)c1cc(C)ccc1N2c1ccc2c(c1)B(c1c(C(C)C)cc(C(C)C)cc1C(C)C)c1ccccc1B2c1c(C(C)C)cc(C(C)C)cc1C(C)C. The van der Waals surface area contributed by atoms with E-state index in [0.717, 1.165) is 0 Å². The number of fused-ring (bicyclic) bond motifs is 7. The molecule has 10 aromatic rings. The maximum atomic E-state index is 2.68. The zero-order valence-electron chi connectivity index (χ0n) is 53.7. The van der Waals surface area contributed by atoms with Gasteiger partial charge in [-0.1, -0.05) is 303 Å². The number of aryl methyl sites for hydroxylation is 3. The van der Waals surface area contributed by atoms with Crippen molar-refractivity contribution in [3.8, 4) is 11.1 Å². The molecule has 0 aromatic heterocycles. The maximum Gasteiger partial charge on any atom is 0.240 e. The first-order valence-electron chi connectivity index (χ1n) is 32.3. The van der Waals surface area contributed by atoms with Crippen LogP contribution in [0.25, 0.3) is 11.1 Å². The third-order valence-corrected chi connectivity index (χ3v) is 23.5. The summed E-state index contributed by atoms with van der Waals surface area (Å²) in [5.74, 6) is 2.15. The number of benzene rings is 10. The van der Waals surface area contributed by atoms with Gasteiger partial charge in [0.05, 0.1) is 16.8 Å². The van der Waals surface area contributed by atoms with Gasteiger partial charge in [0, 0.05) is 5.69 Å². The molecule has 0 atom stereocenters. The minimum absolute atomic E-state index is 0.00632. The maximum absolute atomic E-state index is 2.68. The number of hydrogen-bond donors (Lipinski definition) is 0. The molecule has 0 spiro atoms. The molecule has 10 aromatic carbocycles. The molecule has 0 N–H and O–H groups in total. The van der Waals surface area contributed by atoms with Crippen LogP contribution in [-0.4, -0.2) is 22.2 Å². The first-order valence-corrected chi connectivity index (χ1v) is 34.1. The Balaban J connectivity index is 1.14. The summed E-state index contributed by atoms with van der Waals surface area (Å²) in [6.07, 6.45) is 0. The molecule has 0 aliphatic carbocycles. The van der Waals surface area contributed by atoms with Crippen LogP contribution in [-0.2, 0) is 5.41 Å². The average molecular weight is 1130 g/mol. The molecule has 4 heteroatoms. The Kier molecular flexibility index (Phi) is 14.9. The van der Waals surface area contributed by atoms with Crippen molar-refractivity contribution < 1.29 is 0 Å². The van der Waals surface area contributed by atoms with E-state index in [1.807, 2.05) is 0 Å². The smallest absolute Gasteiger partial charge is 0.240 e. The molecule has 3 heterocycles. The van der Waals surface area contributed by atoms with Gasteiger partial charge >= 0.3 is 0 Å². The van der Waals surface area contributed by atoms with Crippen LogP contribution in [0, 0.1) is 20.8 Å². The number of nitrogens with zero attached hydrogens (tertiary/aromatic N) is 1. The highest BCUT2D eigenvalue weighted by molar-refractivity contribution is 7.11. The molecule has 0 radical (unpaired) electrons. The van der Waals surface area contributed by atoms with Gasteiger partial charge in [0.1, 0.15) is 8.80 Å². The van der Waals surface area contributed by atoms with Crippen LogP contribution in [0.5, 0.6) is 0 Å². The van der Waals surface area contributed by atoms with Gasteiger partial charge < -0.3 is 4.90 Å². The summed E-state index contributed by atoms with van der Waals surface area (Å²) in [6, 6.07) is 80.2. The lowest BCUT2D eigenvalue weighted by atomic mass is 9.20. The molecule has 0 saturated carbocycles. The first-order chi connectivity index (χ1) is 41.4. The fourth-order valence-electron chi connectivity index (χ4n) is 16.0. The molecular formula is C82H85B2NSi. The van der Waals surface area contributed by atoms with E-state index < -0.39 is 14.2 Å². The minimum Gasteiger partial charge on any atom is -0.310 e. The highest BCUT2D eigenvalue weighted by Crippen LogP contribution is 2.58. The normalized spacial score (nSPS) is 14.1. The summed E-state index contributed by atoms with van der Waals surface area (Å²) in [5.41, 5.74) is 32.4. The van der Waals surface area contributed by atoms with E-state index in [9.17, 15) is 0 Å². The quantitative estimate of drug-likeness (QED) is 0.110. The Bertz CT molecular complexity index is 4130. The van der Waals surface area contributed by atoms with Gasteiger partial charge in [0.15, 0.2) is 0 Å². The Hall–Kier alpha value is -7.65. The van der Waals surface area contributed by atoms with Crippen LogP contribution in [0.2, 0.25) is 0 Å². The van der Waals surface area contributed by atoms with E-state index in [1.165, 1.54) is 149 Å². The van der Waals surface area contributed by atoms with Gasteiger partial charge in [-0.15, -0.1) is 0 Å². The van der Waals surface area contributed by atoms with Crippen molar-refractivity contribution in [2.45, 2.75) is 145 Å². The highest BCUT2D eigenvalue weighted by atomic mass is 28.3. The summed E-state index contributed by atoms with van der Waals surface area (Å²) in [4.78, 5) is 2.68. The predicted molar refractivity (Wildman–Crippen MR) is 378 cm³/mol. The molecular weight excluding hydrogens is 1050 g/mol. The van der Waals surface area contributed by atoms with Gasteiger partial charge in [-0.3, -0.25) is 0 Å². The van der Waals surface area contributed by atoms with Crippen molar-refractivity contribution in [2.24, 2.45) is 0 Å². The molecule has 0 fully saturated rings. The van der Waals surface area contributed by atoms with Gasteiger partial charge in [-0.2, -0.15) is 0 Å². The van der Waals surface area contributed by atoms with Crippen LogP contribution in [0.1, 0.15) is 191 Å². The zero-order chi connectivity index (χ0) is 60.2. The van der Waals surface area contributed by atoms with Crippen molar-refractivity contribution >= 4 is 87.6 Å². The lowest BCUT2D eigenvalue weighted by molar-refractivity contribution is 0.727. The lowest BCUT2D eigenvalue weighted by Gasteiger charge is -2.48. The van der Waals surface area contributed by atoms with E-state index in [1.54, 1.807) is 0 Å². The van der Waals surface area contributed by atoms with Crippen molar-refractivity contribution in [1.82, 2.24) is 0 Å². The molecule has 86 heavy (non-hydrogen) atoms. The second-order valence-electron chi connectivity index (χ2n) is 27.6. The summed E-state index contributed by atoms with van der Waals surface area (Å²) < 4.78 is 0. The van der Waals surface area contributed by atoms with E-state index in [4.69, 9.17) is 0 Å². The van der Waals surface area contributed by atoms with Crippen LogP contribution in [0.4, 0.5) is 17.1 Å². The largest absolute Gasteiger partial charge is 0.310 e. The molecule has 3 aliphatic rings. The van der Waals surface area contributed by atoms with Crippen LogP contribution < -0.4 is 53.2 Å². The Morgan fingerprint density at radius 1 is 0.337 bits per heavy atom. The molecule has 0 unspecified atom stereocenters. The minimum atomic E-state index is -2.04. The summed E-state index contributed by atoms with van der Waals surface area (Å²) >= 11 is 0. The van der Waals surface area contributed by atoms with Crippen molar-refractivity contribution in [3.63, 3.8) is 0 Å². The molecule has 0 saturated heterocycles. The Morgan fingerprint density at radius 3 is 1.19 bits per heavy atom. The Morgan fingerprint density at radius 2 is 0.733 bits per heavy atom. The highest BCUT2D eigenvalue weighted by Gasteiger charge is 2.51. The summed E-state index contributed by atoms with van der Waals surface area (Å²) in [5, 5.41) is 4.50. The predicted octanol–water partition coefficient (Wildman–Crippen LogP) is 15.1. The molecule has 1 nitrogen and oxygen atoms in total. The zero-order valence-corrected chi connectivity index (χ0v) is 54.9. The standard InChI is InChI=1S/C82H85B2NSi/c1-49(2)58-44-63(51(5)6)80(64(45-58)52(7)8)83-71-31-21-22-32-72(71)84(81-65(53(9)10)46-59(50(3)4)47-66(81)54(11)12)74-48-60(38-39-73(74)83)85-75-40-36-55(13)42-69(75)82(67-29-19-16-26-57(67)15,70-43-56(14)37-41-76(70)85)68-30-20-25-35-79(68)86-77-33-23-17-27-61(77)62-28-18-24-34-78(62)86/h16-54,86H,1-15H3. The van der Waals surface area contributed by atoms with E-state index in [-0.39, 0.29) is 13.4 Å². The van der Waals surface area contributed by atoms with Gasteiger partial charge in [-0.25, -0.2) is 0 Å². The van der Waals surface area contributed by atoms with Crippen molar-refractivity contribution in [2.75, 3.05) is 4.90 Å². The number of rotatable bonds is 12. The monoisotopic (exact) mass is 1130 g/mol. The molecule has 0 bridgehead atoms. The topological polar surface area (TPSA) is 3.24 Å². The third kappa shape index (κ3) is 9.09. The van der Waals surface area contributed by atoms with Crippen LogP contribution in [0.3, 0.4) is 0 Å². The van der Waals surface area contributed by atoms with Gasteiger partial charge in [0.25, 0.3) is 0 Å². The molecule has 13 rings (SSSR count). The number of hydrogen-bond acceptors (Lipinski definition) is 1. The fraction of sp³-hybridized carbons (Fsp3) is 0.268. The molecule has 3 aliphatic heterocycles. The summed E-state index contributed by atoms with van der Waals surface area (Å²) in [7, 11) is -2.04. The van der Waals surface area contributed by atoms with Crippen LogP contribution >= 0.6 is 0 Å². The van der Waals surface area contributed by atoms with Crippen LogP contribution in [0.15, 0.2) is 200 Å². The van der Waals surface area contributed by atoms with Gasteiger partial charge in [-0.05, 0) is 168 Å². The van der Waals surface area contributed by atoms with Crippen molar-refractivity contribution in [1.29, 1.82) is 0 Å². The second-order valence-corrected chi connectivity index (χ2v) is 30.3. The summed E-state index contributed by atoms with van der Waals surface area (Å²) in [6.45, 7) is 35.9. The second kappa shape index (κ2) is 22.2. The Labute approximate surface area is 517 Å². The van der Waals surface area contributed by atoms with Crippen molar-refractivity contribution in [3.05, 3.63) is 273 Å².